The SMILES string of the molecule is CCC(=O)[C@@H]1C[C@@]2(C)C[C@H]2N1C(=O)Cn1nc(C(C)=O)c2cc(-c3cnc(C)nc3)cc(C)c21. The van der Waals surface area contributed by atoms with E-state index in [4.69, 9.17) is 0 Å². The Labute approximate surface area is 198 Å². The molecule has 0 bridgehead atoms. The first-order valence-corrected chi connectivity index (χ1v) is 11.8. The van der Waals surface area contributed by atoms with Gasteiger partial charge in [0, 0.05) is 42.7 Å². The molecule has 2 aromatic heterocycles. The van der Waals surface area contributed by atoms with Crippen molar-refractivity contribution in [2.75, 3.05) is 0 Å². The molecule has 1 aliphatic heterocycles. The molecular weight excluding hydrogens is 430 g/mol. The van der Waals surface area contributed by atoms with Gasteiger partial charge in [-0.15, -0.1) is 0 Å². The number of likely N-dealkylation sites (tertiary alicyclic amines) is 1. The van der Waals surface area contributed by atoms with Crippen LogP contribution in [0.15, 0.2) is 24.5 Å². The fourth-order valence-electron chi connectivity index (χ4n) is 5.47. The first-order valence-electron chi connectivity index (χ1n) is 11.8. The highest BCUT2D eigenvalue weighted by atomic mass is 16.2. The van der Waals surface area contributed by atoms with Crippen LogP contribution in [-0.4, -0.2) is 54.2 Å². The number of benzene rings is 1. The lowest BCUT2D eigenvalue weighted by molar-refractivity contribution is -0.139. The van der Waals surface area contributed by atoms with Gasteiger partial charge in [-0.05, 0) is 55.4 Å². The second-order valence-electron chi connectivity index (χ2n) is 9.99. The summed E-state index contributed by atoms with van der Waals surface area (Å²) in [4.78, 5) is 48.9. The van der Waals surface area contributed by atoms with Crippen molar-refractivity contribution in [1.29, 1.82) is 0 Å². The van der Waals surface area contributed by atoms with E-state index in [1.165, 1.54) is 6.92 Å². The molecule has 8 nitrogen and oxygen atoms in total. The quantitative estimate of drug-likeness (QED) is 0.522. The van der Waals surface area contributed by atoms with E-state index >= 15 is 0 Å². The minimum atomic E-state index is -0.357. The van der Waals surface area contributed by atoms with Gasteiger partial charge in [-0.2, -0.15) is 5.10 Å². The molecule has 1 saturated heterocycles. The summed E-state index contributed by atoms with van der Waals surface area (Å²) in [7, 11) is 0. The number of nitrogens with zero attached hydrogens (tertiary/aromatic N) is 5. The number of aromatic nitrogens is 4. The van der Waals surface area contributed by atoms with E-state index in [0.29, 0.717) is 23.3 Å². The van der Waals surface area contributed by atoms with E-state index in [9.17, 15) is 14.4 Å². The zero-order valence-electron chi connectivity index (χ0n) is 20.3. The molecule has 1 aromatic carbocycles. The standard InChI is InChI=1S/C26H29N5O3/c1-6-21(33)20-9-26(5)10-22(26)31(20)23(34)13-30-25-14(2)7-17(18-11-27-16(4)28-12-18)8-19(25)24(29-30)15(3)32/h7-8,11-12,20,22H,6,9-10,13H2,1-5H3/t20-,22+,26-/m0/s1. The average Bonchev–Trinajstić information content (AvgIpc) is 3.15. The maximum Gasteiger partial charge on any atom is 0.245 e. The third-order valence-corrected chi connectivity index (χ3v) is 7.41. The fraction of sp³-hybridized carbons (Fsp3) is 0.462. The topological polar surface area (TPSA) is 98.1 Å². The average molecular weight is 460 g/mol. The molecule has 2 fully saturated rings. The molecule has 2 aliphatic rings. The molecule has 3 atom stereocenters. The third kappa shape index (κ3) is 3.52. The van der Waals surface area contributed by atoms with Crippen LogP contribution in [0.1, 0.15) is 61.9 Å². The van der Waals surface area contributed by atoms with Crippen LogP contribution in [0.25, 0.3) is 22.0 Å². The first kappa shape index (κ1) is 22.4. The van der Waals surface area contributed by atoms with Gasteiger partial charge < -0.3 is 4.90 Å². The number of ketones is 2. The minimum absolute atomic E-state index is 0.00230. The Morgan fingerprint density at radius 1 is 1.09 bits per heavy atom. The van der Waals surface area contributed by atoms with Crippen molar-refractivity contribution in [1.82, 2.24) is 24.6 Å². The van der Waals surface area contributed by atoms with Crippen molar-refractivity contribution in [3.8, 4) is 11.1 Å². The predicted molar refractivity (Wildman–Crippen MR) is 127 cm³/mol. The molecule has 3 aromatic rings. The Morgan fingerprint density at radius 2 is 1.79 bits per heavy atom. The van der Waals surface area contributed by atoms with E-state index < -0.39 is 0 Å². The smallest absolute Gasteiger partial charge is 0.245 e. The number of hydrogen-bond donors (Lipinski definition) is 0. The summed E-state index contributed by atoms with van der Waals surface area (Å²) in [5.74, 6) is 0.513. The minimum Gasteiger partial charge on any atom is -0.327 e. The van der Waals surface area contributed by atoms with Gasteiger partial charge in [-0.1, -0.05) is 13.8 Å². The largest absolute Gasteiger partial charge is 0.327 e. The van der Waals surface area contributed by atoms with Gasteiger partial charge in [0.1, 0.15) is 18.1 Å². The Kier molecular flexibility index (Phi) is 5.15. The molecule has 34 heavy (non-hydrogen) atoms. The zero-order valence-corrected chi connectivity index (χ0v) is 20.3. The Hall–Kier alpha value is -3.42. The summed E-state index contributed by atoms with van der Waals surface area (Å²) < 4.78 is 1.63. The summed E-state index contributed by atoms with van der Waals surface area (Å²) >= 11 is 0. The molecule has 0 unspecified atom stereocenters. The summed E-state index contributed by atoms with van der Waals surface area (Å²) in [6, 6.07) is 3.67. The van der Waals surface area contributed by atoms with Gasteiger partial charge in [0.25, 0.3) is 0 Å². The molecule has 1 aliphatic carbocycles. The summed E-state index contributed by atoms with van der Waals surface area (Å²) in [5.41, 5.74) is 3.77. The summed E-state index contributed by atoms with van der Waals surface area (Å²) in [6.07, 6.45) is 5.60. The van der Waals surface area contributed by atoms with Gasteiger partial charge in [0.15, 0.2) is 11.6 Å². The third-order valence-electron chi connectivity index (χ3n) is 7.41. The molecule has 8 heteroatoms. The van der Waals surface area contributed by atoms with Crippen molar-refractivity contribution in [3.63, 3.8) is 0 Å². The van der Waals surface area contributed by atoms with E-state index in [1.807, 2.05) is 32.9 Å². The number of piperidine rings is 1. The molecule has 3 heterocycles. The number of carbonyl (C=O) groups is 3. The van der Waals surface area contributed by atoms with Gasteiger partial charge in [0.2, 0.25) is 5.91 Å². The van der Waals surface area contributed by atoms with Crippen molar-refractivity contribution in [2.45, 2.75) is 72.5 Å². The lowest BCUT2D eigenvalue weighted by Crippen LogP contribution is -2.44. The number of hydrogen-bond acceptors (Lipinski definition) is 6. The summed E-state index contributed by atoms with van der Waals surface area (Å²) in [5, 5.41) is 5.26. The van der Waals surface area contributed by atoms with E-state index in [2.05, 4.69) is 22.0 Å². The highest BCUT2D eigenvalue weighted by Crippen LogP contribution is 2.59. The molecular formula is C26H29N5O3. The maximum atomic E-state index is 13.5. The monoisotopic (exact) mass is 459 g/mol. The Bertz CT molecular complexity index is 1340. The highest BCUT2D eigenvalue weighted by molar-refractivity contribution is 6.07. The van der Waals surface area contributed by atoms with Crippen LogP contribution in [0.3, 0.4) is 0 Å². The molecule has 5 rings (SSSR count). The molecule has 1 amide bonds. The van der Waals surface area contributed by atoms with Crippen LogP contribution in [0.2, 0.25) is 0 Å². The maximum absolute atomic E-state index is 13.5. The van der Waals surface area contributed by atoms with Gasteiger partial charge in [-0.3, -0.25) is 19.1 Å². The van der Waals surface area contributed by atoms with Crippen molar-refractivity contribution in [3.05, 3.63) is 41.6 Å². The van der Waals surface area contributed by atoms with Gasteiger partial charge in [-0.25, -0.2) is 9.97 Å². The highest BCUT2D eigenvalue weighted by Gasteiger charge is 2.63. The Morgan fingerprint density at radius 3 is 2.44 bits per heavy atom. The van der Waals surface area contributed by atoms with Crippen LogP contribution < -0.4 is 0 Å². The normalized spacial score (nSPS) is 23.3. The van der Waals surface area contributed by atoms with E-state index in [-0.39, 0.29) is 41.5 Å². The Balaban J connectivity index is 1.54. The van der Waals surface area contributed by atoms with E-state index in [0.717, 1.165) is 35.0 Å². The van der Waals surface area contributed by atoms with Crippen molar-refractivity contribution in [2.24, 2.45) is 5.41 Å². The lowest BCUT2D eigenvalue weighted by atomic mass is 9.98. The van der Waals surface area contributed by atoms with Crippen LogP contribution in [0.5, 0.6) is 0 Å². The number of aryl methyl sites for hydroxylation is 2. The van der Waals surface area contributed by atoms with E-state index in [1.54, 1.807) is 22.0 Å². The van der Waals surface area contributed by atoms with Crippen molar-refractivity contribution >= 4 is 28.4 Å². The second-order valence-corrected chi connectivity index (χ2v) is 9.99. The second kappa shape index (κ2) is 7.82. The molecule has 0 radical (unpaired) electrons. The predicted octanol–water partition coefficient (Wildman–Crippen LogP) is 3.67. The van der Waals surface area contributed by atoms with Gasteiger partial charge in [0.05, 0.1) is 11.6 Å². The lowest BCUT2D eigenvalue weighted by Gasteiger charge is -2.26. The fourth-order valence-corrected chi connectivity index (χ4v) is 5.47. The molecule has 0 N–H and O–H groups in total. The summed E-state index contributed by atoms with van der Waals surface area (Å²) in [6.45, 7) is 9.26. The molecule has 176 valence electrons. The number of carbonyl (C=O) groups excluding carboxylic acids is 3. The number of amides is 1. The zero-order chi connectivity index (χ0) is 24.4. The molecule has 1 saturated carbocycles. The van der Waals surface area contributed by atoms with Crippen LogP contribution in [-0.2, 0) is 16.1 Å². The molecule has 0 spiro atoms. The number of fused-ring (bicyclic) bond motifs is 2. The number of rotatable bonds is 6. The number of Topliss-reactive ketones (excluding diaryl/α,β-unsaturated/α-hetero) is 2. The first-order chi connectivity index (χ1) is 16.1. The van der Waals surface area contributed by atoms with Crippen LogP contribution in [0.4, 0.5) is 0 Å². The van der Waals surface area contributed by atoms with Gasteiger partial charge >= 0.3 is 0 Å². The van der Waals surface area contributed by atoms with Crippen LogP contribution in [0, 0.1) is 19.3 Å². The van der Waals surface area contributed by atoms with Crippen molar-refractivity contribution < 1.29 is 14.4 Å². The van der Waals surface area contributed by atoms with Crippen LogP contribution >= 0.6 is 0 Å².